The second-order valence-corrected chi connectivity index (χ2v) is 11.4. The van der Waals surface area contributed by atoms with Gasteiger partial charge < -0.3 is 20.1 Å². The Labute approximate surface area is 265 Å². The lowest BCUT2D eigenvalue weighted by Gasteiger charge is -2.30. The van der Waals surface area contributed by atoms with Crippen LogP contribution in [0.2, 0.25) is 0 Å². The number of hydrogen-bond donors (Lipinski definition) is 2. The van der Waals surface area contributed by atoms with Gasteiger partial charge in [0.15, 0.2) is 11.6 Å². The fraction of sp³-hybridized carbons (Fsp3) is 0.289. The van der Waals surface area contributed by atoms with Crippen LogP contribution in [0.4, 0.5) is 4.79 Å². The Bertz CT molecular complexity index is 1500. The van der Waals surface area contributed by atoms with Crippen molar-refractivity contribution in [3.63, 3.8) is 0 Å². The fourth-order valence-electron chi connectivity index (χ4n) is 5.96. The molecule has 1 aliphatic rings. The van der Waals surface area contributed by atoms with Gasteiger partial charge in [0.1, 0.15) is 6.04 Å². The number of morpholine rings is 1. The highest BCUT2D eigenvalue weighted by molar-refractivity contribution is 5.91. The molecule has 232 valence electrons. The molecular formula is C38H40N2O5. The molecule has 1 saturated heterocycles. The first kappa shape index (κ1) is 31.8. The molecule has 0 saturated carbocycles. The summed E-state index contributed by atoms with van der Waals surface area (Å²) in [6.45, 7) is 0.935. The molecule has 0 radical (unpaired) electrons. The number of hydrogen-bond acceptors (Lipinski definition) is 6. The van der Waals surface area contributed by atoms with E-state index in [1.165, 1.54) is 7.11 Å². The third-order valence-corrected chi connectivity index (χ3v) is 8.38. The van der Waals surface area contributed by atoms with Gasteiger partial charge in [-0.3, -0.25) is 9.59 Å². The van der Waals surface area contributed by atoms with Gasteiger partial charge in [-0.1, -0.05) is 115 Å². The predicted octanol–water partition coefficient (Wildman–Crippen LogP) is 5.46. The maximum absolute atomic E-state index is 14.1. The molecule has 45 heavy (non-hydrogen) atoms. The van der Waals surface area contributed by atoms with Gasteiger partial charge in [-0.2, -0.15) is 0 Å². The number of carbonyl (C=O) groups excluding carboxylic acids is 3. The van der Waals surface area contributed by atoms with E-state index in [-0.39, 0.29) is 30.1 Å². The summed E-state index contributed by atoms with van der Waals surface area (Å²) in [7, 11) is 1.30. The van der Waals surface area contributed by atoms with Gasteiger partial charge in [-0.15, -0.1) is 0 Å². The zero-order valence-corrected chi connectivity index (χ0v) is 25.6. The highest BCUT2D eigenvalue weighted by Crippen LogP contribution is 2.30. The quantitative estimate of drug-likeness (QED) is 0.211. The first-order valence-corrected chi connectivity index (χ1v) is 15.5. The Morgan fingerprint density at radius 3 is 1.96 bits per heavy atom. The van der Waals surface area contributed by atoms with Crippen molar-refractivity contribution in [2.24, 2.45) is 0 Å². The van der Waals surface area contributed by atoms with Crippen LogP contribution < -0.4 is 10.6 Å². The normalized spacial score (nSPS) is 16.9. The number of methoxy groups -OCH3 is 1. The Balaban J connectivity index is 1.25. The van der Waals surface area contributed by atoms with E-state index in [0.29, 0.717) is 26.0 Å². The summed E-state index contributed by atoms with van der Waals surface area (Å²) in [5.74, 6) is -0.380. The molecule has 0 spiro atoms. The summed E-state index contributed by atoms with van der Waals surface area (Å²) in [5, 5.41) is 6.22. The van der Waals surface area contributed by atoms with Crippen LogP contribution >= 0.6 is 0 Å². The zero-order chi connectivity index (χ0) is 31.4. The molecule has 5 rings (SSSR count). The van der Waals surface area contributed by atoms with E-state index in [0.717, 1.165) is 34.2 Å². The zero-order valence-electron chi connectivity index (χ0n) is 25.6. The third-order valence-electron chi connectivity index (χ3n) is 8.38. The molecule has 2 N–H and O–H groups in total. The van der Waals surface area contributed by atoms with E-state index in [1.807, 2.05) is 115 Å². The lowest BCUT2D eigenvalue weighted by molar-refractivity contribution is -0.125. The minimum Gasteiger partial charge on any atom is -0.453 e. The number of amides is 1. The lowest BCUT2D eigenvalue weighted by Crippen LogP contribution is -2.51. The Morgan fingerprint density at radius 1 is 0.800 bits per heavy atom. The number of ketones is 2. The van der Waals surface area contributed by atoms with Crippen LogP contribution in [0, 0.1) is 0 Å². The van der Waals surface area contributed by atoms with Crippen LogP contribution in [0.25, 0.3) is 0 Å². The van der Waals surface area contributed by atoms with Crippen molar-refractivity contribution in [1.82, 2.24) is 10.6 Å². The number of carbonyl (C=O) groups is 3. The van der Waals surface area contributed by atoms with Crippen molar-refractivity contribution in [2.45, 2.75) is 49.8 Å². The molecule has 0 aliphatic carbocycles. The maximum atomic E-state index is 14.1. The molecule has 0 bridgehead atoms. The number of Topliss-reactive ketones (excluding diaryl/α,β-unsaturated/α-hetero) is 2. The largest absolute Gasteiger partial charge is 0.453 e. The highest BCUT2D eigenvalue weighted by Gasteiger charge is 2.33. The average Bonchev–Trinajstić information content (AvgIpc) is 3.09. The standard InChI is InChI=1S/C38H40N2O5/c1-44-38(43)40-37(36(29-16-7-3-8-17-29)30-18-9-4-10-19-30)35(42)24-31-20-12-11-15-28(31)21-22-32-25-39-33(26-45-32)34(41)23-27-13-5-2-6-14-27/h2-20,32-33,36-37,39H,21-26H2,1H3,(H,40,43)/t32-,33+,37-/m1/s1. The van der Waals surface area contributed by atoms with Crippen LogP contribution in [-0.2, 0) is 38.3 Å². The smallest absolute Gasteiger partial charge is 0.407 e. The Hall–Kier alpha value is -4.59. The van der Waals surface area contributed by atoms with E-state index in [9.17, 15) is 14.4 Å². The molecule has 3 atom stereocenters. The summed E-state index contributed by atoms with van der Waals surface area (Å²) in [6.07, 6.45) is 1.31. The number of benzene rings is 4. The van der Waals surface area contributed by atoms with Crippen molar-refractivity contribution >= 4 is 17.7 Å². The average molecular weight is 605 g/mol. The minimum absolute atomic E-state index is 0.0381. The van der Waals surface area contributed by atoms with Gasteiger partial charge in [0.05, 0.1) is 25.9 Å². The van der Waals surface area contributed by atoms with Crippen LogP contribution in [0.3, 0.4) is 0 Å². The predicted molar refractivity (Wildman–Crippen MR) is 174 cm³/mol. The van der Waals surface area contributed by atoms with Gasteiger partial charge in [-0.25, -0.2) is 4.79 Å². The second kappa shape index (κ2) is 15.9. The molecule has 0 aromatic heterocycles. The number of aryl methyl sites for hydroxylation is 1. The van der Waals surface area contributed by atoms with Crippen molar-refractivity contribution in [1.29, 1.82) is 0 Å². The molecule has 1 aliphatic heterocycles. The molecule has 1 amide bonds. The summed E-state index contributed by atoms with van der Waals surface area (Å²) in [4.78, 5) is 39.4. The molecular weight excluding hydrogens is 564 g/mol. The monoisotopic (exact) mass is 604 g/mol. The third kappa shape index (κ3) is 8.75. The van der Waals surface area contributed by atoms with Gasteiger partial charge in [0.25, 0.3) is 0 Å². The van der Waals surface area contributed by atoms with Crippen molar-refractivity contribution in [3.05, 3.63) is 143 Å². The van der Waals surface area contributed by atoms with E-state index < -0.39 is 18.1 Å². The number of nitrogens with one attached hydrogen (secondary N) is 2. The fourth-order valence-corrected chi connectivity index (χ4v) is 5.96. The van der Waals surface area contributed by atoms with E-state index in [1.54, 1.807) is 0 Å². The van der Waals surface area contributed by atoms with Gasteiger partial charge in [-0.05, 0) is 40.7 Å². The summed E-state index contributed by atoms with van der Waals surface area (Å²) in [6, 6.07) is 36.0. The van der Waals surface area contributed by atoms with E-state index in [4.69, 9.17) is 9.47 Å². The van der Waals surface area contributed by atoms with Crippen LogP contribution in [0.1, 0.15) is 40.2 Å². The molecule has 4 aromatic carbocycles. The topological polar surface area (TPSA) is 93.7 Å². The van der Waals surface area contributed by atoms with Gasteiger partial charge in [0, 0.05) is 25.3 Å². The number of alkyl carbamates (subject to hydrolysis) is 1. The van der Waals surface area contributed by atoms with Crippen molar-refractivity contribution < 1.29 is 23.9 Å². The summed E-state index contributed by atoms with van der Waals surface area (Å²) in [5.41, 5.74) is 4.83. The minimum atomic E-state index is -0.841. The highest BCUT2D eigenvalue weighted by atomic mass is 16.5. The van der Waals surface area contributed by atoms with Crippen LogP contribution in [0.15, 0.2) is 115 Å². The molecule has 1 fully saturated rings. The number of rotatable bonds is 13. The summed E-state index contributed by atoms with van der Waals surface area (Å²) < 4.78 is 11.0. The second-order valence-electron chi connectivity index (χ2n) is 11.4. The Kier molecular flexibility index (Phi) is 11.3. The first-order valence-electron chi connectivity index (χ1n) is 15.5. The molecule has 4 aromatic rings. The van der Waals surface area contributed by atoms with Crippen LogP contribution in [-0.4, -0.2) is 56.1 Å². The maximum Gasteiger partial charge on any atom is 0.407 e. The molecule has 0 unspecified atom stereocenters. The lowest BCUT2D eigenvalue weighted by atomic mass is 9.81. The van der Waals surface area contributed by atoms with E-state index >= 15 is 0 Å². The van der Waals surface area contributed by atoms with E-state index in [2.05, 4.69) is 10.6 Å². The first-order chi connectivity index (χ1) is 22.0. The molecule has 7 nitrogen and oxygen atoms in total. The number of ether oxygens (including phenoxy) is 2. The van der Waals surface area contributed by atoms with Gasteiger partial charge >= 0.3 is 6.09 Å². The van der Waals surface area contributed by atoms with Crippen LogP contribution in [0.5, 0.6) is 0 Å². The van der Waals surface area contributed by atoms with Gasteiger partial charge in [0.2, 0.25) is 0 Å². The Morgan fingerprint density at radius 2 is 1.38 bits per heavy atom. The van der Waals surface area contributed by atoms with Crippen molar-refractivity contribution in [2.75, 3.05) is 20.3 Å². The summed E-state index contributed by atoms with van der Waals surface area (Å²) >= 11 is 0. The van der Waals surface area contributed by atoms with Crippen molar-refractivity contribution in [3.8, 4) is 0 Å². The molecule has 1 heterocycles. The molecule has 7 heteroatoms. The SMILES string of the molecule is COC(=O)N[C@H](C(=O)Cc1ccccc1CC[C@@H]1CN[C@H](C(=O)Cc2ccccc2)CO1)C(c1ccccc1)c1ccccc1.